The molecule has 3 aromatic rings. The van der Waals surface area contributed by atoms with Crippen LogP contribution in [0.3, 0.4) is 0 Å². The van der Waals surface area contributed by atoms with Crippen molar-refractivity contribution in [2.45, 2.75) is 0 Å². The molecule has 1 heterocycles. The Labute approximate surface area is 85.9 Å². The fourth-order valence-corrected chi connectivity index (χ4v) is 1.81. The zero-order valence-electron chi connectivity index (χ0n) is 7.25. The van der Waals surface area contributed by atoms with Crippen LogP contribution in [0.25, 0.3) is 21.9 Å². The van der Waals surface area contributed by atoms with E-state index in [9.17, 15) is 0 Å². The van der Waals surface area contributed by atoms with Crippen molar-refractivity contribution < 1.29 is 4.42 Å². The van der Waals surface area contributed by atoms with Crippen LogP contribution < -0.4 is 0 Å². The minimum atomic E-state index is 0.695. The Morgan fingerprint density at radius 3 is 2.86 bits per heavy atom. The fraction of sp³-hybridized carbons (Fsp3) is 0. The maximum Gasteiger partial charge on any atom is 0.136 e. The Morgan fingerprint density at radius 1 is 1.07 bits per heavy atom. The quantitative estimate of drug-likeness (QED) is 0.535. The minimum Gasteiger partial charge on any atom is -0.456 e. The Morgan fingerprint density at radius 2 is 1.93 bits per heavy atom. The summed E-state index contributed by atoms with van der Waals surface area (Å²) in [7, 11) is 0. The first-order valence-corrected chi connectivity index (χ1v) is 4.70. The SMILES string of the molecule is Clc1ccc2c(c1)oc1c[c]ccc12. The summed E-state index contributed by atoms with van der Waals surface area (Å²) in [5.41, 5.74) is 1.68. The van der Waals surface area contributed by atoms with Gasteiger partial charge in [-0.2, -0.15) is 0 Å². The third-order valence-electron chi connectivity index (χ3n) is 2.28. The highest BCUT2D eigenvalue weighted by Gasteiger charge is 2.05. The van der Waals surface area contributed by atoms with E-state index in [0.717, 1.165) is 21.9 Å². The molecule has 0 aliphatic carbocycles. The molecule has 0 spiro atoms. The molecule has 0 saturated heterocycles. The van der Waals surface area contributed by atoms with E-state index in [1.807, 2.05) is 36.4 Å². The van der Waals surface area contributed by atoms with Crippen molar-refractivity contribution >= 4 is 33.5 Å². The summed E-state index contributed by atoms with van der Waals surface area (Å²) >= 11 is 5.88. The van der Waals surface area contributed by atoms with Gasteiger partial charge in [0.05, 0.1) is 0 Å². The van der Waals surface area contributed by atoms with Gasteiger partial charge in [-0.15, -0.1) is 0 Å². The second-order valence-corrected chi connectivity index (χ2v) is 3.60. The molecule has 0 aliphatic rings. The highest BCUT2D eigenvalue weighted by molar-refractivity contribution is 6.31. The molecule has 1 aromatic heterocycles. The lowest BCUT2D eigenvalue weighted by Crippen LogP contribution is -1.65. The van der Waals surface area contributed by atoms with E-state index >= 15 is 0 Å². The molecule has 0 unspecified atom stereocenters. The van der Waals surface area contributed by atoms with Crippen molar-refractivity contribution in [3.63, 3.8) is 0 Å². The second kappa shape index (κ2) is 2.76. The maximum atomic E-state index is 5.88. The zero-order valence-corrected chi connectivity index (χ0v) is 8.01. The third kappa shape index (κ3) is 1.03. The van der Waals surface area contributed by atoms with Gasteiger partial charge in [0.15, 0.2) is 0 Å². The van der Waals surface area contributed by atoms with E-state index < -0.39 is 0 Å². The molecular formula is C12H6ClO. The summed E-state index contributed by atoms with van der Waals surface area (Å²) in [6.45, 7) is 0. The van der Waals surface area contributed by atoms with Gasteiger partial charge >= 0.3 is 0 Å². The highest BCUT2D eigenvalue weighted by atomic mass is 35.5. The van der Waals surface area contributed by atoms with E-state index in [1.54, 1.807) is 0 Å². The molecule has 67 valence electrons. The first kappa shape index (κ1) is 7.89. The Balaban J connectivity index is 2.57. The number of rotatable bonds is 0. The third-order valence-corrected chi connectivity index (χ3v) is 2.51. The van der Waals surface area contributed by atoms with E-state index in [1.165, 1.54) is 0 Å². The average Bonchev–Trinajstić information content (AvgIpc) is 2.54. The van der Waals surface area contributed by atoms with Crippen LogP contribution in [-0.4, -0.2) is 0 Å². The van der Waals surface area contributed by atoms with Crippen molar-refractivity contribution in [1.29, 1.82) is 0 Å². The number of hydrogen-bond acceptors (Lipinski definition) is 1. The average molecular weight is 202 g/mol. The molecule has 0 saturated carbocycles. The molecule has 1 nitrogen and oxygen atoms in total. The number of halogens is 1. The van der Waals surface area contributed by atoms with Gasteiger partial charge in [-0.3, -0.25) is 0 Å². The van der Waals surface area contributed by atoms with Gasteiger partial charge in [0.1, 0.15) is 11.2 Å². The topological polar surface area (TPSA) is 13.1 Å². The maximum absolute atomic E-state index is 5.88. The summed E-state index contributed by atoms with van der Waals surface area (Å²) in [6.07, 6.45) is 0. The molecular weight excluding hydrogens is 196 g/mol. The fourth-order valence-electron chi connectivity index (χ4n) is 1.64. The van der Waals surface area contributed by atoms with E-state index in [-0.39, 0.29) is 0 Å². The predicted molar refractivity (Wildman–Crippen MR) is 57.6 cm³/mol. The Hall–Kier alpha value is -1.47. The molecule has 0 amide bonds. The summed E-state index contributed by atoms with van der Waals surface area (Å²) in [4.78, 5) is 0. The van der Waals surface area contributed by atoms with Crippen LogP contribution in [0.2, 0.25) is 5.02 Å². The molecule has 3 rings (SSSR count). The smallest absolute Gasteiger partial charge is 0.136 e. The first-order chi connectivity index (χ1) is 6.84. The zero-order chi connectivity index (χ0) is 9.54. The van der Waals surface area contributed by atoms with Crippen LogP contribution in [0.15, 0.2) is 40.8 Å². The van der Waals surface area contributed by atoms with E-state index in [2.05, 4.69) is 6.07 Å². The molecule has 0 N–H and O–H groups in total. The largest absolute Gasteiger partial charge is 0.456 e. The summed E-state index contributed by atoms with van der Waals surface area (Å²) in [5, 5.41) is 2.90. The van der Waals surface area contributed by atoms with Gasteiger partial charge in [0, 0.05) is 21.9 Å². The van der Waals surface area contributed by atoms with Crippen LogP contribution in [0.4, 0.5) is 0 Å². The van der Waals surface area contributed by atoms with Crippen LogP contribution in [0.5, 0.6) is 0 Å². The van der Waals surface area contributed by atoms with E-state index in [4.69, 9.17) is 16.0 Å². The predicted octanol–water partition coefficient (Wildman–Crippen LogP) is 4.04. The van der Waals surface area contributed by atoms with Crippen molar-refractivity contribution in [2.24, 2.45) is 0 Å². The van der Waals surface area contributed by atoms with Crippen molar-refractivity contribution in [1.82, 2.24) is 0 Å². The van der Waals surface area contributed by atoms with Gasteiger partial charge in [-0.25, -0.2) is 0 Å². The Bertz CT molecular complexity index is 610. The molecule has 0 fully saturated rings. The highest BCUT2D eigenvalue weighted by Crippen LogP contribution is 2.29. The molecule has 0 aliphatic heterocycles. The second-order valence-electron chi connectivity index (χ2n) is 3.16. The van der Waals surface area contributed by atoms with Crippen LogP contribution in [0.1, 0.15) is 0 Å². The van der Waals surface area contributed by atoms with Gasteiger partial charge in [-0.1, -0.05) is 17.7 Å². The first-order valence-electron chi connectivity index (χ1n) is 4.32. The van der Waals surface area contributed by atoms with Crippen molar-refractivity contribution in [3.8, 4) is 0 Å². The lowest BCUT2D eigenvalue weighted by molar-refractivity contribution is 0.669. The summed E-state index contributed by atoms with van der Waals surface area (Å²) in [6, 6.07) is 14.4. The standard InChI is InChI=1S/C12H6ClO/c13-8-5-6-10-9-3-1-2-4-11(9)14-12(10)7-8/h1,3-7H. The normalized spacial score (nSPS) is 11.2. The molecule has 1 radical (unpaired) electrons. The molecule has 2 heteroatoms. The lowest BCUT2D eigenvalue weighted by atomic mass is 10.2. The van der Waals surface area contributed by atoms with Gasteiger partial charge in [0.25, 0.3) is 0 Å². The van der Waals surface area contributed by atoms with E-state index in [0.29, 0.717) is 5.02 Å². The Kier molecular flexibility index (Phi) is 1.55. The molecule has 0 atom stereocenters. The van der Waals surface area contributed by atoms with Crippen LogP contribution in [0, 0.1) is 6.07 Å². The molecule has 14 heavy (non-hydrogen) atoms. The van der Waals surface area contributed by atoms with Crippen molar-refractivity contribution in [2.75, 3.05) is 0 Å². The van der Waals surface area contributed by atoms with Gasteiger partial charge in [0.2, 0.25) is 0 Å². The van der Waals surface area contributed by atoms with Crippen LogP contribution in [-0.2, 0) is 0 Å². The van der Waals surface area contributed by atoms with Crippen LogP contribution >= 0.6 is 11.6 Å². The van der Waals surface area contributed by atoms with Crippen molar-refractivity contribution in [3.05, 3.63) is 47.5 Å². The van der Waals surface area contributed by atoms with Gasteiger partial charge < -0.3 is 4.42 Å². The number of furan rings is 1. The number of benzene rings is 2. The van der Waals surface area contributed by atoms with Gasteiger partial charge in [-0.05, 0) is 30.3 Å². The number of hydrogen-bond donors (Lipinski definition) is 0. The molecule has 2 aromatic carbocycles. The lowest BCUT2D eigenvalue weighted by Gasteiger charge is -1.88. The molecule has 0 bridgehead atoms. The summed E-state index contributed by atoms with van der Waals surface area (Å²) in [5.74, 6) is 0. The monoisotopic (exact) mass is 201 g/mol. The number of fused-ring (bicyclic) bond motifs is 3. The minimum absolute atomic E-state index is 0.695. The summed E-state index contributed by atoms with van der Waals surface area (Å²) < 4.78 is 5.62.